The predicted octanol–water partition coefficient (Wildman–Crippen LogP) is 4.89. The predicted molar refractivity (Wildman–Crippen MR) is 111 cm³/mol. The van der Waals surface area contributed by atoms with Crippen LogP contribution in [0.5, 0.6) is 0 Å². The molecule has 1 aliphatic heterocycles. The van der Waals surface area contributed by atoms with Crippen LogP contribution in [0.1, 0.15) is 11.7 Å². The maximum Gasteiger partial charge on any atom is 0.112 e. The number of hydrogen-bond acceptors (Lipinski definition) is 3. The fraction of sp³-hybridized carbons (Fsp3) is 0.136. The lowest BCUT2D eigenvalue weighted by molar-refractivity contribution is 0.433. The van der Waals surface area contributed by atoms with Crippen molar-refractivity contribution in [3.8, 4) is 11.1 Å². The van der Waals surface area contributed by atoms with E-state index >= 15 is 0 Å². The van der Waals surface area contributed by atoms with Gasteiger partial charge in [0, 0.05) is 23.9 Å². The summed E-state index contributed by atoms with van der Waals surface area (Å²) < 4.78 is 0. The molecule has 4 aromatic rings. The zero-order valence-corrected chi connectivity index (χ0v) is 15.3. The minimum Gasteiger partial charge on any atom is -0.342 e. The molecule has 1 aromatic heterocycles. The molecule has 0 atom stereocenters. The molecule has 0 spiro atoms. The van der Waals surface area contributed by atoms with Gasteiger partial charge in [0.2, 0.25) is 0 Å². The molecule has 1 aliphatic rings. The van der Waals surface area contributed by atoms with E-state index in [0.717, 1.165) is 34.8 Å². The number of hydrogen-bond donors (Lipinski definition) is 3. The molecule has 0 amide bonds. The first kappa shape index (κ1) is 16.9. The van der Waals surface area contributed by atoms with Crippen LogP contribution in [0.25, 0.3) is 22.2 Å². The lowest BCUT2D eigenvalue weighted by atomic mass is 10.0. The van der Waals surface area contributed by atoms with E-state index in [-0.39, 0.29) is 0 Å². The number of fused-ring (bicyclic) bond motifs is 1. The summed E-state index contributed by atoms with van der Waals surface area (Å²) in [5.41, 5.74) is 4.70. The number of aromatic nitrogens is 2. The third-order valence-electron chi connectivity index (χ3n) is 4.55. The summed E-state index contributed by atoms with van der Waals surface area (Å²) in [7, 11) is 0. The quantitative estimate of drug-likeness (QED) is 0.446. The van der Waals surface area contributed by atoms with E-state index in [9.17, 15) is 0 Å². The van der Waals surface area contributed by atoms with E-state index in [0.29, 0.717) is 5.92 Å². The smallest absolute Gasteiger partial charge is 0.112 e. The molecule has 0 radical (unpaired) electrons. The zero-order valence-electron chi connectivity index (χ0n) is 14.4. The van der Waals surface area contributed by atoms with Crippen molar-refractivity contribution in [3.05, 3.63) is 84.7 Å². The van der Waals surface area contributed by atoms with E-state index in [1.54, 1.807) is 0 Å². The Morgan fingerprint density at radius 1 is 0.769 bits per heavy atom. The Hall–Kier alpha value is -2.56. The lowest BCUT2D eigenvalue weighted by Crippen LogP contribution is -2.40. The van der Waals surface area contributed by atoms with E-state index in [2.05, 4.69) is 58.2 Å². The van der Waals surface area contributed by atoms with Gasteiger partial charge in [0.05, 0.1) is 11.0 Å². The van der Waals surface area contributed by atoms with Gasteiger partial charge in [-0.1, -0.05) is 54.6 Å². The molecule has 0 bridgehead atoms. The molecule has 2 heterocycles. The molecule has 130 valence electrons. The molecule has 3 aromatic carbocycles. The molecular formula is C22H21N3S. The van der Waals surface area contributed by atoms with E-state index in [4.69, 9.17) is 0 Å². The second-order valence-electron chi connectivity index (χ2n) is 6.41. The molecule has 4 heteroatoms. The molecular weight excluding hydrogens is 338 g/mol. The van der Waals surface area contributed by atoms with Crippen molar-refractivity contribution in [2.45, 2.75) is 10.8 Å². The molecule has 26 heavy (non-hydrogen) atoms. The van der Waals surface area contributed by atoms with Crippen LogP contribution < -0.4 is 5.32 Å². The number of imidazole rings is 1. The van der Waals surface area contributed by atoms with Gasteiger partial charge in [0.1, 0.15) is 5.82 Å². The molecule has 2 N–H and O–H groups in total. The summed E-state index contributed by atoms with van der Waals surface area (Å²) in [6.07, 6.45) is 0. The fourth-order valence-electron chi connectivity index (χ4n) is 2.93. The van der Waals surface area contributed by atoms with Crippen LogP contribution >= 0.6 is 12.6 Å². The Labute approximate surface area is 158 Å². The van der Waals surface area contributed by atoms with Gasteiger partial charge >= 0.3 is 0 Å². The van der Waals surface area contributed by atoms with E-state index < -0.39 is 0 Å². The molecule has 0 aliphatic carbocycles. The minimum atomic E-state index is 0.590. The van der Waals surface area contributed by atoms with Gasteiger partial charge in [-0.2, -0.15) is 0 Å². The van der Waals surface area contributed by atoms with Gasteiger partial charge in [0.15, 0.2) is 0 Å². The first-order valence-corrected chi connectivity index (χ1v) is 9.24. The van der Waals surface area contributed by atoms with Gasteiger partial charge in [0.25, 0.3) is 0 Å². The highest BCUT2D eigenvalue weighted by molar-refractivity contribution is 7.80. The van der Waals surface area contributed by atoms with E-state index in [1.165, 1.54) is 11.1 Å². The third-order valence-corrected chi connectivity index (χ3v) is 4.85. The summed E-state index contributed by atoms with van der Waals surface area (Å²) >= 11 is 4.24. The number of H-pyrrole nitrogens is 1. The summed E-state index contributed by atoms with van der Waals surface area (Å²) in [5.74, 6) is 1.72. The third kappa shape index (κ3) is 3.82. The summed E-state index contributed by atoms with van der Waals surface area (Å²) in [4.78, 5) is 8.89. The van der Waals surface area contributed by atoms with Crippen LogP contribution in [0, 0.1) is 0 Å². The second-order valence-corrected chi connectivity index (χ2v) is 6.92. The maximum absolute atomic E-state index is 4.54. The molecule has 3 nitrogen and oxygen atoms in total. The van der Waals surface area contributed by atoms with Crippen LogP contribution in [-0.4, -0.2) is 23.1 Å². The number of nitrogens with zero attached hydrogens (tertiary/aromatic N) is 1. The van der Waals surface area contributed by atoms with Gasteiger partial charge in [-0.15, -0.1) is 12.6 Å². The van der Waals surface area contributed by atoms with Crippen LogP contribution in [-0.2, 0) is 0 Å². The average molecular weight is 359 g/mol. The number of nitrogens with one attached hydrogen (secondary N) is 2. The SMILES string of the molecule is Sc1ccc(-c2ccccc2)cc1.c1ccc2[nH]c(C3CNC3)nc2c1. The summed E-state index contributed by atoms with van der Waals surface area (Å²) in [5, 5.41) is 3.24. The lowest BCUT2D eigenvalue weighted by Gasteiger charge is -2.24. The Kier molecular flexibility index (Phi) is 5.04. The Bertz CT molecular complexity index is 940. The van der Waals surface area contributed by atoms with Crippen LogP contribution in [0.4, 0.5) is 0 Å². The highest BCUT2D eigenvalue weighted by Gasteiger charge is 2.21. The summed E-state index contributed by atoms with van der Waals surface area (Å²) in [6.45, 7) is 2.11. The first-order valence-electron chi connectivity index (χ1n) is 8.79. The van der Waals surface area contributed by atoms with Gasteiger partial charge in [-0.25, -0.2) is 4.98 Å². The largest absolute Gasteiger partial charge is 0.342 e. The molecule has 5 rings (SSSR count). The average Bonchev–Trinajstić information content (AvgIpc) is 3.05. The van der Waals surface area contributed by atoms with Crippen molar-refractivity contribution in [1.29, 1.82) is 0 Å². The van der Waals surface area contributed by atoms with Crippen molar-refractivity contribution >= 4 is 23.7 Å². The standard InChI is InChI=1S/C12H10S.C10H11N3/c13-12-8-6-11(7-9-12)10-4-2-1-3-5-10;1-2-4-9-8(3-1)12-10(13-9)7-5-11-6-7/h1-9,13H;1-4,7,11H,5-6H2,(H,12,13). The number of aromatic amines is 1. The topological polar surface area (TPSA) is 40.7 Å². The van der Waals surface area contributed by atoms with Gasteiger partial charge < -0.3 is 10.3 Å². The second kappa shape index (κ2) is 7.77. The maximum atomic E-state index is 4.54. The normalized spacial score (nSPS) is 13.7. The molecule has 0 saturated carbocycles. The van der Waals surface area contributed by atoms with Gasteiger partial charge in [-0.05, 0) is 35.4 Å². The van der Waals surface area contributed by atoms with Crippen molar-refractivity contribution in [1.82, 2.24) is 15.3 Å². The van der Waals surface area contributed by atoms with Crippen molar-refractivity contribution in [3.63, 3.8) is 0 Å². The highest BCUT2D eigenvalue weighted by Crippen LogP contribution is 2.21. The Morgan fingerprint density at radius 2 is 1.42 bits per heavy atom. The van der Waals surface area contributed by atoms with Gasteiger partial charge in [-0.3, -0.25) is 0 Å². The molecule has 1 saturated heterocycles. The van der Waals surface area contributed by atoms with Crippen LogP contribution in [0.3, 0.4) is 0 Å². The Balaban J connectivity index is 0.000000129. The summed E-state index contributed by atoms with van der Waals surface area (Å²) in [6, 6.07) is 26.7. The van der Waals surface area contributed by atoms with Crippen molar-refractivity contribution < 1.29 is 0 Å². The van der Waals surface area contributed by atoms with Crippen LogP contribution in [0.15, 0.2) is 83.8 Å². The number of para-hydroxylation sites is 2. The fourth-order valence-corrected chi connectivity index (χ4v) is 3.08. The van der Waals surface area contributed by atoms with Crippen molar-refractivity contribution in [2.75, 3.05) is 13.1 Å². The number of rotatable bonds is 2. The number of benzene rings is 3. The highest BCUT2D eigenvalue weighted by atomic mass is 32.1. The molecule has 0 unspecified atom stereocenters. The Morgan fingerprint density at radius 3 is 2.08 bits per heavy atom. The molecule has 1 fully saturated rings. The van der Waals surface area contributed by atoms with E-state index in [1.807, 2.05) is 48.5 Å². The monoisotopic (exact) mass is 359 g/mol. The first-order chi connectivity index (χ1) is 12.8. The minimum absolute atomic E-state index is 0.590. The number of thiol groups is 1. The zero-order chi connectivity index (χ0) is 17.8. The van der Waals surface area contributed by atoms with Crippen LogP contribution in [0.2, 0.25) is 0 Å². The van der Waals surface area contributed by atoms with Crippen molar-refractivity contribution in [2.24, 2.45) is 0 Å².